The molecule has 0 aliphatic carbocycles. The molecule has 0 bridgehead atoms. The molecule has 2 atom stereocenters. The van der Waals surface area contributed by atoms with E-state index in [4.69, 9.17) is 10.5 Å². The van der Waals surface area contributed by atoms with Gasteiger partial charge in [0.1, 0.15) is 0 Å². The van der Waals surface area contributed by atoms with Crippen LogP contribution in [0, 0.1) is 10.8 Å². The lowest BCUT2D eigenvalue weighted by Crippen LogP contribution is -2.48. The SMILES string of the molecule is CC(C)(C)C(O)C1(CN)CCOC1. The molecular formula is C10H21NO2. The van der Waals surface area contributed by atoms with Crippen molar-refractivity contribution in [3.8, 4) is 0 Å². The maximum Gasteiger partial charge on any atom is 0.0679 e. The van der Waals surface area contributed by atoms with E-state index in [1.807, 2.05) is 20.8 Å². The second-order valence-corrected chi connectivity index (χ2v) is 5.14. The molecule has 0 radical (unpaired) electrons. The third-order valence-corrected chi connectivity index (χ3v) is 2.94. The summed E-state index contributed by atoms with van der Waals surface area (Å²) in [6, 6.07) is 0. The molecule has 1 rings (SSSR count). The van der Waals surface area contributed by atoms with E-state index in [1.165, 1.54) is 0 Å². The molecule has 1 fully saturated rings. The zero-order chi connectivity index (χ0) is 10.1. The van der Waals surface area contributed by atoms with Gasteiger partial charge >= 0.3 is 0 Å². The molecule has 3 N–H and O–H groups in total. The van der Waals surface area contributed by atoms with Gasteiger partial charge in [-0.3, -0.25) is 0 Å². The number of ether oxygens (including phenoxy) is 1. The molecule has 1 aliphatic heterocycles. The van der Waals surface area contributed by atoms with E-state index in [1.54, 1.807) is 0 Å². The van der Waals surface area contributed by atoms with Crippen LogP contribution in [-0.2, 0) is 4.74 Å². The molecule has 1 heterocycles. The lowest BCUT2D eigenvalue weighted by Gasteiger charge is -2.39. The van der Waals surface area contributed by atoms with Gasteiger partial charge < -0.3 is 15.6 Å². The molecular weight excluding hydrogens is 166 g/mol. The van der Waals surface area contributed by atoms with Crippen molar-refractivity contribution in [1.82, 2.24) is 0 Å². The number of aliphatic hydroxyl groups is 1. The Morgan fingerprint density at radius 1 is 1.54 bits per heavy atom. The molecule has 0 amide bonds. The molecule has 13 heavy (non-hydrogen) atoms. The van der Waals surface area contributed by atoms with E-state index >= 15 is 0 Å². The second kappa shape index (κ2) is 3.56. The molecule has 0 spiro atoms. The van der Waals surface area contributed by atoms with Crippen LogP contribution < -0.4 is 5.73 Å². The van der Waals surface area contributed by atoms with Crippen LogP contribution >= 0.6 is 0 Å². The van der Waals surface area contributed by atoms with Crippen molar-refractivity contribution in [2.75, 3.05) is 19.8 Å². The molecule has 0 aromatic carbocycles. The van der Waals surface area contributed by atoms with E-state index in [-0.39, 0.29) is 16.9 Å². The molecule has 78 valence electrons. The summed E-state index contributed by atoms with van der Waals surface area (Å²) in [7, 11) is 0. The minimum Gasteiger partial charge on any atom is -0.392 e. The number of rotatable bonds is 2. The Balaban J connectivity index is 2.76. The minimum atomic E-state index is -0.382. The Bertz CT molecular complexity index is 168. The fraction of sp³-hybridized carbons (Fsp3) is 1.00. The molecule has 1 aliphatic rings. The van der Waals surface area contributed by atoms with Gasteiger partial charge in [0.25, 0.3) is 0 Å². The molecule has 0 saturated carbocycles. The standard InChI is InChI=1S/C10H21NO2/c1-9(2,3)8(12)10(6-11)4-5-13-7-10/h8,12H,4-7,11H2,1-3H3. The summed E-state index contributed by atoms with van der Waals surface area (Å²) in [4.78, 5) is 0. The predicted molar refractivity (Wildman–Crippen MR) is 52.4 cm³/mol. The predicted octanol–water partition coefficient (Wildman–Crippen LogP) is 0.759. The summed E-state index contributed by atoms with van der Waals surface area (Å²) < 4.78 is 5.33. The normalized spacial score (nSPS) is 32.1. The van der Waals surface area contributed by atoms with Crippen LogP contribution in [-0.4, -0.2) is 31.0 Å². The third-order valence-electron chi connectivity index (χ3n) is 2.94. The van der Waals surface area contributed by atoms with Crippen molar-refractivity contribution in [3.63, 3.8) is 0 Å². The first-order valence-electron chi connectivity index (χ1n) is 4.88. The Labute approximate surface area is 80.3 Å². The highest BCUT2D eigenvalue weighted by atomic mass is 16.5. The first-order valence-corrected chi connectivity index (χ1v) is 4.88. The van der Waals surface area contributed by atoms with Gasteiger partial charge in [-0.1, -0.05) is 20.8 Å². The average molecular weight is 187 g/mol. The van der Waals surface area contributed by atoms with Gasteiger partial charge in [0.15, 0.2) is 0 Å². The Kier molecular flexibility index (Phi) is 3.00. The van der Waals surface area contributed by atoms with Crippen molar-refractivity contribution < 1.29 is 9.84 Å². The quantitative estimate of drug-likeness (QED) is 0.671. The monoisotopic (exact) mass is 187 g/mol. The van der Waals surface area contributed by atoms with Crippen LogP contribution in [0.15, 0.2) is 0 Å². The lowest BCUT2D eigenvalue weighted by atomic mass is 9.70. The summed E-state index contributed by atoms with van der Waals surface area (Å²) >= 11 is 0. The highest BCUT2D eigenvalue weighted by Gasteiger charge is 2.45. The molecule has 2 unspecified atom stereocenters. The van der Waals surface area contributed by atoms with E-state index < -0.39 is 0 Å². The van der Waals surface area contributed by atoms with Crippen LogP contribution in [0.4, 0.5) is 0 Å². The van der Waals surface area contributed by atoms with Gasteiger partial charge in [-0.25, -0.2) is 0 Å². The highest BCUT2D eigenvalue weighted by molar-refractivity contribution is 4.95. The highest BCUT2D eigenvalue weighted by Crippen LogP contribution is 2.39. The fourth-order valence-electron chi connectivity index (χ4n) is 2.03. The molecule has 3 heteroatoms. The number of nitrogens with two attached hydrogens (primary N) is 1. The number of aliphatic hydroxyl groups excluding tert-OH is 1. The first kappa shape index (κ1) is 11.0. The van der Waals surface area contributed by atoms with Gasteiger partial charge in [-0.2, -0.15) is 0 Å². The first-order chi connectivity index (χ1) is 5.92. The summed E-state index contributed by atoms with van der Waals surface area (Å²) in [6.45, 7) is 7.94. The van der Waals surface area contributed by atoms with Gasteiger partial charge in [0, 0.05) is 18.6 Å². The number of hydrogen-bond donors (Lipinski definition) is 2. The summed E-state index contributed by atoms with van der Waals surface area (Å²) in [6.07, 6.45) is 0.495. The van der Waals surface area contributed by atoms with Gasteiger partial charge in [-0.15, -0.1) is 0 Å². The Morgan fingerprint density at radius 2 is 2.15 bits per heavy atom. The van der Waals surface area contributed by atoms with Crippen molar-refractivity contribution in [3.05, 3.63) is 0 Å². The van der Waals surface area contributed by atoms with Crippen LogP contribution in [0.5, 0.6) is 0 Å². The zero-order valence-corrected chi connectivity index (χ0v) is 8.84. The van der Waals surface area contributed by atoms with Crippen molar-refractivity contribution in [2.24, 2.45) is 16.6 Å². The number of hydrogen-bond acceptors (Lipinski definition) is 3. The van der Waals surface area contributed by atoms with Crippen LogP contribution in [0.25, 0.3) is 0 Å². The molecule has 0 aromatic rings. The van der Waals surface area contributed by atoms with E-state index in [0.717, 1.165) is 13.0 Å². The summed E-state index contributed by atoms with van der Waals surface area (Å²) in [5, 5.41) is 10.2. The fourth-order valence-corrected chi connectivity index (χ4v) is 2.03. The van der Waals surface area contributed by atoms with Crippen molar-refractivity contribution >= 4 is 0 Å². The van der Waals surface area contributed by atoms with Crippen LogP contribution in [0.1, 0.15) is 27.2 Å². The van der Waals surface area contributed by atoms with Gasteiger partial charge in [-0.05, 0) is 11.8 Å². The summed E-state index contributed by atoms with van der Waals surface area (Å²) in [5.74, 6) is 0. The largest absolute Gasteiger partial charge is 0.392 e. The molecule has 0 aromatic heterocycles. The van der Waals surface area contributed by atoms with E-state index in [2.05, 4.69) is 0 Å². The lowest BCUT2D eigenvalue weighted by molar-refractivity contribution is -0.0492. The Hall–Kier alpha value is -0.120. The third kappa shape index (κ3) is 2.03. The molecule has 1 saturated heterocycles. The zero-order valence-electron chi connectivity index (χ0n) is 8.84. The van der Waals surface area contributed by atoms with Crippen LogP contribution in [0.3, 0.4) is 0 Å². The van der Waals surface area contributed by atoms with Crippen molar-refractivity contribution in [2.45, 2.75) is 33.3 Å². The minimum absolute atomic E-state index is 0.118. The van der Waals surface area contributed by atoms with Gasteiger partial charge in [0.05, 0.1) is 12.7 Å². The van der Waals surface area contributed by atoms with Gasteiger partial charge in [0.2, 0.25) is 0 Å². The average Bonchev–Trinajstić information content (AvgIpc) is 2.50. The van der Waals surface area contributed by atoms with E-state index in [9.17, 15) is 5.11 Å². The molecule has 3 nitrogen and oxygen atoms in total. The second-order valence-electron chi connectivity index (χ2n) is 5.14. The maximum absolute atomic E-state index is 10.2. The smallest absolute Gasteiger partial charge is 0.0679 e. The topological polar surface area (TPSA) is 55.5 Å². The Morgan fingerprint density at radius 3 is 2.46 bits per heavy atom. The maximum atomic E-state index is 10.2. The van der Waals surface area contributed by atoms with E-state index in [0.29, 0.717) is 13.2 Å². The summed E-state index contributed by atoms with van der Waals surface area (Å²) in [5.41, 5.74) is 5.40. The van der Waals surface area contributed by atoms with Crippen molar-refractivity contribution in [1.29, 1.82) is 0 Å². The van der Waals surface area contributed by atoms with Crippen LogP contribution in [0.2, 0.25) is 0 Å².